The Labute approximate surface area is 84.2 Å². The quantitative estimate of drug-likeness (QED) is 0.752. The number of hydrogen-bond acceptors (Lipinski definition) is 2. The van der Waals surface area contributed by atoms with Gasteiger partial charge in [-0.25, -0.2) is 0 Å². The topological polar surface area (TPSA) is 40.5 Å². The van der Waals surface area contributed by atoms with Gasteiger partial charge in [0.25, 0.3) is 0 Å². The second-order valence-electron chi connectivity index (χ2n) is 4.07. The number of aliphatic hydroxyl groups is 1. The van der Waals surface area contributed by atoms with E-state index >= 15 is 0 Å². The number of benzene rings is 1. The van der Waals surface area contributed by atoms with Crippen molar-refractivity contribution in [3.8, 4) is 5.75 Å². The molecule has 76 valence electrons. The van der Waals surface area contributed by atoms with E-state index in [9.17, 15) is 5.11 Å². The highest BCUT2D eigenvalue weighted by molar-refractivity contribution is 5.48. The molecular formula is C12H16O2. The number of aryl methyl sites for hydroxylation is 1. The summed E-state index contributed by atoms with van der Waals surface area (Å²) in [5.41, 5.74) is 3.58. The number of rotatable bonds is 2. The second-order valence-corrected chi connectivity index (χ2v) is 4.07. The lowest BCUT2D eigenvalue weighted by atomic mass is 9.93. The van der Waals surface area contributed by atoms with Gasteiger partial charge < -0.3 is 10.2 Å². The van der Waals surface area contributed by atoms with Crippen LogP contribution in [0.25, 0.3) is 0 Å². The molecule has 1 unspecified atom stereocenters. The molecule has 1 aliphatic rings. The number of aromatic hydroxyl groups is 1. The molecule has 0 spiro atoms. The minimum Gasteiger partial charge on any atom is -0.508 e. The van der Waals surface area contributed by atoms with Crippen LogP contribution >= 0.6 is 0 Å². The van der Waals surface area contributed by atoms with Crippen molar-refractivity contribution in [3.63, 3.8) is 0 Å². The molecule has 1 aromatic carbocycles. The van der Waals surface area contributed by atoms with Gasteiger partial charge in [0.05, 0.1) is 0 Å². The zero-order valence-corrected chi connectivity index (χ0v) is 8.45. The Bertz CT molecular complexity index is 344. The minimum absolute atomic E-state index is 0.0445. The summed E-state index contributed by atoms with van der Waals surface area (Å²) < 4.78 is 0. The smallest absolute Gasteiger partial charge is 0.119 e. The summed E-state index contributed by atoms with van der Waals surface area (Å²) in [6.45, 7) is 2.05. The van der Waals surface area contributed by atoms with E-state index in [0.717, 1.165) is 18.4 Å². The molecule has 0 radical (unpaired) electrons. The monoisotopic (exact) mass is 192 g/mol. The van der Waals surface area contributed by atoms with Crippen molar-refractivity contribution >= 4 is 0 Å². The van der Waals surface area contributed by atoms with Crippen LogP contribution in [0, 0.1) is 0 Å². The summed E-state index contributed by atoms with van der Waals surface area (Å²) in [5, 5.41) is 18.9. The Morgan fingerprint density at radius 3 is 2.86 bits per heavy atom. The molecule has 2 N–H and O–H groups in total. The molecule has 0 bridgehead atoms. The Hall–Kier alpha value is -1.02. The highest BCUT2D eigenvalue weighted by Crippen LogP contribution is 2.35. The summed E-state index contributed by atoms with van der Waals surface area (Å²) in [6, 6.07) is 3.76. The number of phenolic OH excluding ortho intramolecular Hbond substituents is 1. The van der Waals surface area contributed by atoms with Crippen LogP contribution in [0.5, 0.6) is 5.75 Å². The molecular weight excluding hydrogens is 176 g/mol. The van der Waals surface area contributed by atoms with Crippen molar-refractivity contribution in [1.29, 1.82) is 0 Å². The molecule has 0 aromatic heterocycles. The Morgan fingerprint density at radius 1 is 1.36 bits per heavy atom. The van der Waals surface area contributed by atoms with Crippen molar-refractivity contribution in [2.75, 3.05) is 6.61 Å². The molecule has 1 atom stereocenters. The van der Waals surface area contributed by atoms with Gasteiger partial charge in [0.15, 0.2) is 0 Å². The van der Waals surface area contributed by atoms with Crippen LogP contribution in [0.3, 0.4) is 0 Å². The molecule has 0 saturated carbocycles. The normalized spacial score (nSPS) is 16.7. The predicted molar refractivity (Wildman–Crippen MR) is 55.6 cm³/mol. The molecule has 2 rings (SSSR count). The number of aliphatic hydroxyl groups excluding tert-OH is 1. The first-order valence-electron chi connectivity index (χ1n) is 5.18. The molecule has 2 heteroatoms. The Kier molecular flexibility index (Phi) is 2.46. The van der Waals surface area contributed by atoms with Crippen molar-refractivity contribution in [1.82, 2.24) is 0 Å². The largest absolute Gasteiger partial charge is 0.508 e. The van der Waals surface area contributed by atoms with Crippen LogP contribution in [0.4, 0.5) is 0 Å². The van der Waals surface area contributed by atoms with Crippen molar-refractivity contribution in [2.24, 2.45) is 0 Å². The molecule has 14 heavy (non-hydrogen) atoms. The maximum Gasteiger partial charge on any atom is 0.119 e. The lowest BCUT2D eigenvalue weighted by Gasteiger charge is -2.15. The van der Waals surface area contributed by atoms with E-state index in [1.807, 2.05) is 13.0 Å². The van der Waals surface area contributed by atoms with Crippen molar-refractivity contribution in [3.05, 3.63) is 28.8 Å². The van der Waals surface area contributed by atoms with Gasteiger partial charge in [-0.3, -0.25) is 0 Å². The van der Waals surface area contributed by atoms with Gasteiger partial charge in [-0.15, -0.1) is 0 Å². The molecule has 0 fully saturated rings. The van der Waals surface area contributed by atoms with Crippen LogP contribution in [-0.2, 0) is 12.8 Å². The minimum atomic E-state index is 0.0445. The third-order valence-electron chi connectivity index (χ3n) is 3.07. The number of hydrogen-bond donors (Lipinski definition) is 2. The first-order valence-corrected chi connectivity index (χ1v) is 5.18. The fourth-order valence-electron chi connectivity index (χ4n) is 2.32. The fraction of sp³-hybridized carbons (Fsp3) is 0.500. The summed E-state index contributed by atoms with van der Waals surface area (Å²) in [7, 11) is 0. The Morgan fingerprint density at radius 2 is 2.14 bits per heavy atom. The van der Waals surface area contributed by atoms with Crippen LogP contribution in [0.2, 0.25) is 0 Å². The van der Waals surface area contributed by atoms with Crippen LogP contribution in [0.15, 0.2) is 12.1 Å². The van der Waals surface area contributed by atoms with Gasteiger partial charge in [-0.1, -0.05) is 13.0 Å². The first-order chi connectivity index (χ1) is 6.74. The highest BCUT2D eigenvalue weighted by Gasteiger charge is 2.20. The highest BCUT2D eigenvalue weighted by atomic mass is 16.3. The molecule has 1 aliphatic carbocycles. The molecule has 0 amide bonds. The molecule has 0 aliphatic heterocycles. The van der Waals surface area contributed by atoms with Gasteiger partial charge in [0.1, 0.15) is 5.75 Å². The average Bonchev–Trinajstić information content (AvgIpc) is 2.64. The molecule has 2 nitrogen and oxygen atoms in total. The number of fused-ring (bicyclic) bond motifs is 1. The lowest BCUT2D eigenvalue weighted by Crippen LogP contribution is -2.03. The maximum absolute atomic E-state index is 9.77. The van der Waals surface area contributed by atoms with Gasteiger partial charge in [0.2, 0.25) is 0 Å². The van der Waals surface area contributed by atoms with Crippen molar-refractivity contribution in [2.45, 2.75) is 32.1 Å². The van der Waals surface area contributed by atoms with E-state index in [4.69, 9.17) is 5.11 Å². The van der Waals surface area contributed by atoms with Crippen LogP contribution in [0.1, 0.15) is 36.0 Å². The molecule has 0 heterocycles. The zero-order chi connectivity index (χ0) is 10.1. The molecule has 0 saturated heterocycles. The SMILES string of the molecule is CC(CO)c1c(O)ccc2c1CCC2. The summed E-state index contributed by atoms with van der Waals surface area (Å²) in [5.74, 6) is 0.384. The third kappa shape index (κ3) is 1.40. The second kappa shape index (κ2) is 3.62. The van der Waals surface area contributed by atoms with Crippen LogP contribution in [-0.4, -0.2) is 16.8 Å². The van der Waals surface area contributed by atoms with E-state index in [0.29, 0.717) is 5.75 Å². The van der Waals surface area contributed by atoms with Gasteiger partial charge in [-0.2, -0.15) is 0 Å². The van der Waals surface area contributed by atoms with Crippen LogP contribution < -0.4 is 0 Å². The lowest BCUT2D eigenvalue weighted by molar-refractivity contribution is 0.270. The van der Waals surface area contributed by atoms with Gasteiger partial charge >= 0.3 is 0 Å². The Balaban J connectivity index is 2.51. The third-order valence-corrected chi connectivity index (χ3v) is 3.07. The van der Waals surface area contributed by atoms with E-state index in [-0.39, 0.29) is 12.5 Å². The first kappa shape index (κ1) is 9.53. The van der Waals surface area contributed by atoms with Gasteiger partial charge in [-0.05, 0) is 36.5 Å². The fourth-order valence-corrected chi connectivity index (χ4v) is 2.32. The summed E-state index contributed by atoms with van der Waals surface area (Å²) >= 11 is 0. The van der Waals surface area contributed by atoms with E-state index in [1.165, 1.54) is 17.5 Å². The maximum atomic E-state index is 9.77. The molecule has 1 aromatic rings. The van der Waals surface area contributed by atoms with E-state index in [1.54, 1.807) is 6.07 Å². The van der Waals surface area contributed by atoms with Gasteiger partial charge in [0, 0.05) is 18.1 Å². The van der Waals surface area contributed by atoms with E-state index < -0.39 is 0 Å². The average molecular weight is 192 g/mol. The zero-order valence-electron chi connectivity index (χ0n) is 8.45. The summed E-state index contributed by atoms with van der Waals surface area (Å²) in [4.78, 5) is 0. The van der Waals surface area contributed by atoms with Crippen molar-refractivity contribution < 1.29 is 10.2 Å². The van der Waals surface area contributed by atoms with E-state index in [2.05, 4.69) is 0 Å². The predicted octanol–water partition coefficient (Wildman–Crippen LogP) is 1.98. The number of phenols is 1. The standard InChI is InChI=1S/C12H16O2/c1-8(7-13)12-10-4-2-3-9(10)5-6-11(12)14/h5-6,8,13-14H,2-4,7H2,1H3. The summed E-state index contributed by atoms with van der Waals surface area (Å²) in [6.07, 6.45) is 3.33.